The van der Waals surface area contributed by atoms with E-state index < -0.39 is 0 Å². The van der Waals surface area contributed by atoms with Gasteiger partial charge >= 0.3 is 0 Å². The molecule has 1 N–H and O–H groups in total. The molecule has 0 saturated heterocycles. The van der Waals surface area contributed by atoms with E-state index in [0.717, 1.165) is 12.8 Å². The largest absolute Gasteiger partial charge is 0.396 e. The van der Waals surface area contributed by atoms with Gasteiger partial charge in [-0.1, -0.05) is 36.4 Å². The van der Waals surface area contributed by atoms with Gasteiger partial charge in [0.2, 0.25) is 0 Å². The van der Waals surface area contributed by atoms with E-state index in [1.54, 1.807) is 0 Å². The first kappa shape index (κ1) is 10.0. The average Bonchev–Trinajstić information content (AvgIpc) is 2.19. The van der Waals surface area contributed by atoms with Gasteiger partial charge in [0, 0.05) is 6.61 Å². The molecule has 0 aliphatic carbocycles. The fourth-order valence-corrected chi connectivity index (χ4v) is 1.50. The van der Waals surface area contributed by atoms with Crippen molar-refractivity contribution in [1.82, 2.24) is 0 Å². The molecule has 0 aliphatic heterocycles. The van der Waals surface area contributed by atoms with Gasteiger partial charge in [-0.15, -0.1) is 6.58 Å². The van der Waals surface area contributed by atoms with Gasteiger partial charge in [0.1, 0.15) is 0 Å². The molecule has 0 bridgehead atoms. The van der Waals surface area contributed by atoms with Crippen molar-refractivity contribution in [3.05, 3.63) is 48.6 Å². The summed E-state index contributed by atoms with van der Waals surface area (Å²) in [7, 11) is 0. The van der Waals surface area contributed by atoms with Crippen LogP contribution < -0.4 is 0 Å². The van der Waals surface area contributed by atoms with Gasteiger partial charge in [-0.05, 0) is 24.3 Å². The van der Waals surface area contributed by atoms with Crippen LogP contribution in [0.3, 0.4) is 0 Å². The summed E-state index contributed by atoms with van der Waals surface area (Å²) in [5.41, 5.74) is 1.29. The van der Waals surface area contributed by atoms with E-state index in [1.165, 1.54) is 5.56 Å². The van der Waals surface area contributed by atoms with Crippen LogP contribution in [0, 0.1) is 0 Å². The fraction of sp³-hybridized carbons (Fsp3) is 0.333. The Morgan fingerprint density at radius 1 is 1.31 bits per heavy atom. The Bertz CT molecular complexity index is 241. The number of rotatable bonds is 5. The molecule has 1 atom stereocenters. The van der Waals surface area contributed by atoms with Crippen molar-refractivity contribution in [1.29, 1.82) is 0 Å². The molecule has 1 aromatic rings. The first-order valence-corrected chi connectivity index (χ1v) is 4.65. The number of aliphatic hydroxyl groups is 1. The highest BCUT2D eigenvalue weighted by Crippen LogP contribution is 2.22. The maximum absolute atomic E-state index is 8.89. The van der Waals surface area contributed by atoms with Crippen molar-refractivity contribution in [2.45, 2.75) is 18.8 Å². The normalized spacial score (nSPS) is 12.4. The second-order valence-corrected chi connectivity index (χ2v) is 3.14. The molecule has 1 nitrogen and oxygen atoms in total. The molecule has 0 heterocycles. The molecule has 0 aliphatic rings. The third-order valence-electron chi connectivity index (χ3n) is 2.20. The molecule has 1 unspecified atom stereocenters. The van der Waals surface area contributed by atoms with Crippen LogP contribution >= 0.6 is 0 Å². The fourth-order valence-electron chi connectivity index (χ4n) is 1.50. The van der Waals surface area contributed by atoms with Crippen molar-refractivity contribution < 1.29 is 5.11 Å². The minimum Gasteiger partial charge on any atom is -0.396 e. The summed E-state index contributed by atoms with van der Waals surface area (Å²) in [5, 5.41) is 8.89. The predicted octanol–water partition coefficient (Wildman–Crippen LogP) is 2.73. The number of hydrogen-bond acceptors (Lipinski definition) is 1. The van der Waals surface area contributed by atoms with Crippen LogP contribution in [-0.4, -0.2) is 11.7 Å². The quantitative estimate of drug-likeness (QED) is 0.684. The maximum Gasteiger partial charge on any atom is 0.0436 e. The lowest BCUT2D eigenvalue weighted by molar-refractivity contribution is 0.275. The van der Waals surface area contributed by atoms with Crippen LogP contribution in [0.1, 0.15) is 24.3 Å². The summed E-state index contributed by atoms with van der Waals surface area (Å²) < 4.78 is 0. The second kappa shape index (κ2) is 5.55. The van der Waals surface area contributed by atoms with E-state index in [9.17, 15) is 0 Å². The second-order valence-electron chi connectivity index (χ2n) is 3.14. The van der Waals surface area contributed by atoms with E-state index in [0.29, 0.717) is 5.92 Å². The number of benzene rings is 1. The molecule has 1 heteroatoms. The first-order chi connectivity index (χ1) is 6.38. The van der Waals surface area contributed by atoms with Crippen LogP contribution in [-0.2, 0) is 0 Å². The van der Waals surface area contributed by atoms with Crippen LogP contribution in [0.2, 0.25) is 0 Å². The molecule has 0 amide bonds. The van der Waals surface area contributed by atoms with Crippen molar-refractivity contribution in [3.8, 4) is 0 Å². The summed E-state index contributed by atoms with van der Waals surface area (Å²) in [6.07, 6.45) is 3.66. The van der Waals surface area contributed by atoms with E-state index in [2.05, 4.69) is 18.7 Å². The Balaban J connectivity index is 2.69. The van der Waals surface area contributed by atoms with Gasteiger partial charge < -0.3 is 5.11 Å². The summed E-state index contributed by atoms with van der Waals surface area (Å²) in [6, 6.07) is 10.3. The van der Waals surface area contributed by atoms with Crippen LogP contribution in [0.15, 0.2) is 43.0 Å². The Kier molecular flexibility index (Phi) is 4.27. The van der Waals surface area contributed by atoms with Crippen LogP contribution in [0.25, 0.3) is 0 Å². The lowest BCUT2D eigenvalue weighted by Gasteiger charge is -2.13. The Morgan fingerprint density at radius 3 is 2.54 bits per heavy atom. The van der Waals surface area contributed by atoms with E-state index in [1.807, 2.05) is 24.3 Å². The van der Waals surface area contributed by atoms with E-state index in [4.69, 9.17) is 5.11 Å². The Hall–Kier alpha value is -1.08. The Morgan fingerprint density at radius 2 is 2.00 bits per heavy atom. The molecule has 0 aromatic heterocycles. The van der Waals surface area contributed by atoms with E-state index >= 15 is 0 Å². The molecule has 1 rings (SSSR count). The molecule has 1 aromatic carbocycles. The topological polar surface area (TPSA) is 20.2 Å². The van der Waals surface area contributed by atoms with Crippen LogP contribution in [0.4, 0.5) is 0 Å². The smallest absolute Gasteiger partial charge is 0.0436 e. The summed E-state index contributed by atoms with van der Waals surface area (Å²) in [5.74, 6) is 0.420. The monoisotopic (exact) mass is 176 g/mol. The highest BCUT2D eigenvalue weighted by Gasteiger charge is 2.07. The van der Waals surface area contributed by atoms with Gasteiger partial charge in [-0.25, -0.2) is 0 Å². The van der Waals surface area contributed by atoms with Crippen molar-refractivity contribution in [3.63, 3.8) is 0 Å². The summed E-state index contributed by atoms with van der Waals surface area (Å²) in [4.78, 5) is 0. The third-order valence-corrected chi connectivity index (χ3v) is 2.20. The van der Waals surface area contributed by atoms with Gasteiger partial charge in [-0.3, -0.25) is 0 Å². The molecular formula is C12H16O. The number of allylic oxidation sites excluding steroid dienone is 1. The maximum atomic E-state index is 8.89. The van der Waals surface area contributed by atoms with Gasteiger partial charge in [-0.2, -0.15) is 0 Å². The van der Waals surface area contributed by atoms with Crippen molar-refractivity contribution >= 4 is 0 Å². The van der Waals surface area contributed by atoms with Gasteiger partial charge in [0.25, 0.3) is 0 Å². The average molecular weight is 176 g/mol. The Labute approximate surface area is 79.7 Å². The highest BCUT2D eigenvalue weighted by molar-refractivity contribution is 5.20. The standard InChI is InChI=1S/C12H16O/c1-2-6-11(9-10-13)12-7-4-3-5-8-12/h2-5,7-8,11,13H,1,6,9-10H2. The number of hydrogen-bond donors (Lipinski definition) is 1. The minimum absolute atomic E-state index is 0.243. The SMILES string of the molecule is C=CCC(CCO)c1ccccc1. The third kappa shape index (κ3) is 3.03. The predicted molar refractivity (Wildman–Crippen MR) is 55.7 cm³/mol. The molecule has 13 heavy (non-hydrogen) atoms. The summed E-state index contributed by atoms with van der Waals surface area (Å²) >= 11 is 0. The zero-order valence-corrected chi connectivity index (χ0v) is 7.82. The molecule has 0 fully saturated rings. The lowest BCUT2D eigenvalue weighted by Crippen LogP contribution is -2.00. The molecule has 70 valence electrons. The zero-order valence-electron chi connectivity index (χ0n) is 7.82. The first-order valence-electron chi connectivity index (χ1n) is 4.65. The summed E-state index contributed by atoms with van der Waals surface area (Å²) in [6.45, 7) is 3.97. The van der Waals surface area contributed by atoms with Gasteiger partial charge in [0.05, 0.1) is 0 Å². The molecular weight excluding hydrogens is 160 g/mol. The zero-order chi connectivity index (χ0) is 9.52. The lowest BCUT2D eigenvalue weighted by atomic mass is 9.93. The van der Waals surface area contributed by atoms with Crippen LogP contribution in [0.5, 0.6) is 0 Å². The molecule has 0 radical (unpaired) electrons. The molecule has 0 saturated carbocycles. The van der Waals surface area contributed by atoms with Crippen molar-refractivity contribution in [2.75, 3.05) is 6.61 Å². The van der Waals surface area contributed by atoms with E-state index in [-0.39, 0.29) is 6.61 Å². The molecule has 0 spiro atoms. The van der Waals surface area contributed by atoms with Gasteiger partial charge in [0.15, 0.2) is 0 Å². The minimum atomic E-state index is 0.243. The highest BCUT2D eigenvalue weighted by atomic mass is 16.3. The number of aliphatic hydroxyl groups excluding tert-OH is 1. The van der Waals surface area contributed by atoms with Crippen molar-refractivity contribution in [2.24, 2.45) is 0 Å².